The molecule has 152 valence electrons. The summed E-state index contributed by atoms with van der Waals surface area (Å²) < 4.78 is 0. The van der Waals surface area contributed by atoms with Gasteiger partial charge in [-0.1, -0.05) is 11.6 Å². The van der Waals surface area contributed by atoms with Gasteiger partial charge in [-0.2, -0.15) is 0 Å². The number of carbonyl (C=O) groups excluding carboxylic acids is 1. The number of thioether (sulfide) groups is 1. The Bertz CT molecular complexity index is 979. The molecule has 0 bridgehead atoms. The Morgan fingerprint density at radius 2 is 1.66 bits per heavy atom. The molecule has 1 saturated heterocycles. The van der Waals surface area contributed by atoms with Crippen molar-refractivity contribution in [1.82, 2.24) is 4.90 Å². The topological polar surface area (TPSA) is 110 Å². The number of rotatable bonds is 5. The van der Waals surface area contributed by atoms with E-state index in [1.807, 2.05) is 11.2 Å². The Morgan fingerprint density at radius 3 is 2.24 bits per heavy atom. The summed E-state index contributed by atoms with van der Waals surface area (Å²) in [4.78, 5) is 38.6. The fraction of sp³-hybridized carbons (Fsp3) is 0.278. The van der Waals surface area contributed by atoms with E-state index < -0.39 is 15.8 Å². The van der Waals surface area contributed by atoms with Gasteiger partial charge in [0, 0.05) is 48.2 Å². The molecule has 1 aliphatic rings. The van der Waals surface area contributed by atoms with Crippen molar-refractivity contribution in [2.24, 2.45) is 0 Å². The van der Waals surface area contributed by atoms with Crippen molar-refractivity contribution >= 4 is 46.3 Å². The van der Waals surface area contributed by atoms with Crippen molar-refractivity contribution in [2.75, 3.05) is 37.3 Å². The molecule has 1 aliphatic heterocycles. The monoisotopic (exact) mass is 436 g/mol. The van der Waals surface area contributed by atoms with E-state index in [4.69, 9.17) is 11.6 Å². The molecule has 11 heteroatoms. The number of hydrogen-bond acceptors (Lipinski definition) is 7. The SMILES string of the molecule is CSc1ccc([N+](=O)[O-])c(C(=O)N2CCN(c3ccc(Cl)cc3[N+](=O)[O-])CC2)c1. The Morgan fingerprint density at radius 1 is 1.00 bits per heavy atom. The van der Waals surface area contributed by atoms with E-state index in [-0.39, 0.29) is 22.0 Å². The van der Waals surface area contributed by atoms with Crippen LogP contribution in [0.1, 0.15) is 10.4 Å². The minimum atomic E-state index is -0.565. The molecule has 9 nitrogen and oxygen atoms in total. The molecule has 1 fully saturated rings. The standard InChI is InChI=1S/C18H17ClN4O5S/c1-29-13-3-5-15(22(25)26)14(11-13)18(24)21-8-6-20(7-9-21)16-4-2-12(19)10-17(16)23(27)28/h2-5,10-11H,6-9H2,1H3. The molecule has 0 unspecified atom stereocenters. The molecule has 0 spiro atoms. The third kappa shape index (κ3) is 4.43. The molecule has 1 amide bonds. The number of carbonyl (C=O) groups is 1. The first-order chi connectivity index (χ1) is 13.8. The predicted octanol–water partition coefficient (Wildman–Crippen LogP) is 3.84. The highest BCUT2D eigenvalue weighted by Crippen LogP contribution is 2.32. The van der Waals surface area contributed by atoms with Crippen LogP contribution in [0.3, 0.4) is 0 Å². The lowest BCUT2D eigenvalue weighted by atomic mass is 10.1. The smallest absolute Gasteiger partial charge is 0.294 e. The lowest BCUT2D eigenvalue weighted by molar-refractivity contribution is -0.385. The largest absolute Gasteiger partial charge is 0.362 e. The maximum Gasteiger partial charge on any atom is 0.294 e. The Kier molecular flexibility index (Phi) is 6.23. The maximum atomic E-state index is 12.9. The lowest BCUT2D eigenvalue weighted by Crippen LogP contribution is -2.49. The number of anilines is 1. The minimum Gasteiger partial charge on any atom is -0.362 e. The van der Waals surface area contributed by atoms with Crippen molar-refractivity contribution in [2.45, 2.75) is 4.90 Å². The first-order valence-corrected chi connectivity index (χ1v) is 10.2. The van der Waals surface area contributed by atoms with Gasteiger partial charge in [0.2, 0.25) is 0 Å². The van der Waals surface area contributed by atoms with E-state index in [0.717, 1.165) is 4.90 Å². The van der Waals surface area contributed by atoms with Crippen LogP contribution in [-0.4, -0.2) is 53.1 Å². The number of nitro groups is 2. The lowest BCUT2D eigenvalue weighted by Gasteiger charge is -2.35. The minimum absolute atomic E-state index is 0.0489. The van der Waals surface area contributed by atoms with Gasteiger partial charge in [-0.25, -0.2) is 0 Å². The summed E-state index contributed by atoms with van der Waals surface area (Å²) in [6, 6.07) is 8.94. The van der Waals surface area contributed by atoms with Gasteiger partial charge in [-0.15, -0.1) is 11.8 Å². The summed E-state index contributed by atoms with van der Waals surface area (Å²) in [6.45, 7) is 1.31. The number of nitrogens with zero attached hydrogens (tertiary/aromatic N) is 4. The van der Waals surface area contributed by atoms with Crippen LogP contribution in [-0.2, 0) is 0 Å². The number of benzene rings is 2. The Balaban J connectivity index is 1.79. The summed E-state index contributed by atoms with van der Waals surface area (Å²) in [5.41, 5.74) is 0.152. The molecule has 3 rings (SSSR count). The zero-order chi connectivity index (χ0) is 21.1. The number of nitro benzene ring substituents is 2. The van der Waals surface area contributed by atoms with Crippen LogP contribution in [0.5, 0.6) is 0 Å². The molecule has 1 heterocycles. The van der Waals surface area contributed by atoms with Gasteiger partial charge < -0.3 is 9.80 Å². The molecule has 0 aliphatic carbocycles. The fourth-order valence-electron chi connectivity index (χ4n) is 3.20. The fourth-order valence-corrected chi connectivity index (χ4v) is 3.81. The van der Waals surface area contributed by atoms with Gasteiger partial charge in [-0.3, -0.25) is 25.0 Å². The molecule has 0 saturated carbocycles. The number of hydrogen-bond donors (Lipinski definition) is 0. The van der Waals surface area contributed by atoms with Gasteiger partial charge in [0.05, 0.1) is 9.85 Å². The van der Waals surface area contributed by atoms with Crippen molar-refractivity contribution in [1.29, 1.82) is 0 Å². The quantitative estimate of drug-likeness (QED) is 0.397. The van der Waals surface area contributed by atoms with E-state index in [0.29, 0.717) is 31.9 Å². The summed E-state index contributed by atoms with van der Waals surface area (Å²) in [5, 5.41) is 22.9. The summed E-state index contributed by atoms with van der Waals surface area (Å²) >= 11 is 7.26. The second kappa shape index (κ2) is 8.66. The van der Waals surface area contributed by atoms with Crippen LogP contribution in [0.2, 0.25) is 5.02 Å². The Labute approximate surface area is 175 Å². The van der Waals surface area contributed by atoms with Gasteiger partial charge >= 0.3 is 0 Å². The first-order valence-electron chi connectivity index (χ1n) is 8.62. The van der Waals surface area contributed by atoms with E-state index in [9.17, 15) is 25.0 Å². The van der Waals surface area contributed by atoms with Crippen LogP contribution >= 0.6 is 23.4 Å². The molecule has 29 heavy (non-hydrogen) atoms. The van der Waals surface area contributed by atoms with E-state index in [2.05, 4.69) is 0 Å². The highest BCUT2D eigenvalue weighted by molar-refractivity contribution is 7.98. The van der Waals surface area contributed by atoms with Crippen molar-refractivity contribution in [3.8, 4) is 0 Å². The summed E-state index contributed by atoms with van der Waals surface area (Å²) in [7, 11) is 0. The van der Waals surface area contributed by atoms with Crippen molar-refractivity contribution in [3.05, 3.63) is 67.2 Å². The molecule has 0 atom stereocenters. The van der Waals surface area contributed by atoms with E-state index >= 15 is 0 Å². The number of halogens is 1. The van der Waals surface area contributed by atoms with Crippen molar-refractivity contribution in [3.63, 3.8) is 0 Å². The van der Waals surface area contributed by atoms with Crippen LogP contribution < -0.4 is 4.90 Å². The third-order valence-electron chi connectivity index (χ3n) is 4.67. The molecular weight excluding hydrogens is 420 g/mol. The van der Waals surface area contributed by atoms with Gasteiger partial charge in [0.1, 0.15) is 11.3 Å². The number of piperazine rings is 1. The Hall–Kier alpha value is -2.85. The zero-order valence-electron chi connectivity index (χ0n) is 15.4. The molecule has 0 N–H and O–H groups in total. The molecule has 0 radical (unpaired) electrons. The van der Waals surface area contributed by atoms with Gasteiger partial charge in [0.25, 0.3) is 17.3 Å². The molecule has 2 aromatic rings. The normalized spacial score (nSPS) is 14.0. The molecule has 0 aromatic heterocycles. The second-order valence-corrected chi connectivity index (χ2v) is 7.63. The van der Waals surface area contributed by atoms with E-state index in [1.54, 1.807) is 18.2 Å². The van der Waals surface area contributed by atoms with E-state index in [1.165, 1.54) is 34.9 Å². The van der Waals surface area contributed by atoms with Gasteiger partial charge in [0.15, 0.2) is 0 Å². The predicted molar refractivity (Wildman–Crippen MR) is 111 cm³/mol. The zero-order valence-corrected chi connectivity index (χ0v) is 17.0. The van der Waals surface area contributed by atoms with Crippen LogP contribution in [0.4, 0.5) is 17.1 Å². The summed E-state index contributed by atoms with van der Waals surface area (Å²) in [6.07, 6.45) is 1.83. The molecular formula is C18H17ClN4O5S. The third-order valence-corrected chi connectivity index (χ3v) is 5.63. The van der Waals surface area contributed by atoms with Crippen LogP contribution in [0.25, 0.3) is 0 Å². The average molecular weight is 437 g/mol. The first kappa shape index (κ1) is 20.9. The highest BCUT2D eigenvalue weighted by atomic mass is 35.5. The van der Waals surface area contributed by atoms with Crippen LogP contribution in [0.15, 0.2) is 41.3 Å². The second-order valence-electron chi connectivity index (χ2n) is 6.31. The molecule has 2 aromatic carbocycles. The van der Waals surface area contributed by atoms with Crippen molar-refractivity contribution < 1.29 is 14.6 Å². The highest BCUT2D eigenvalue weighted by Gasteiger charge is 2.29. The number of amides is 1. The maximum absolute atomic E-state index is 12.9. The average Bonchev–Trinajstić information content (AvgIpc) is 2.72. The van der Waals surface area contributed by atoms with Gasteiger partial charge in [-0.05, 0) is 30.5 Å². The van der Waals surface area contributed by atoms with Crippen LogP contribution in [0, 0.1) is 20.2 Å². The summed E-state index contributed by atoms with van der Waals surface area (Å²) in [5.74, 6) is -0.419.